The number of likely N-dealkylation sites (N-methyl/N-ethyl adjacent to an activating group) is 1. The van der Waals surface area contributed by atoms with Gasteiger partial charge < -0.3 is 15.2 Å². The van der Waals surface area contributed by atoms with Crippen molar-refractivity contribution in [2.45, 2.75) is 13.3 Å². The van der Waals surface area contributed by atoms with Crippen LogP contribution in [0.3, 0.4) is 0 Å². The minimum atomic E-state index is 0.731. The maximum Gasteiger partial charge on any atom is 0.109 e. The van der Waals surface area contributed by atoms with E-state index in [1.54, 1.807) is 0 Å². The van der Waals surface area contributed by atoms with Gasteiger partial charge in [0.15, 0.2) is 0 Å². The number of hydrogen-bond donors (Lipinski definition) is 1. The molecule has 0 aliphatic heterocycles. The fraction of sp³-hybridized carbons (Fsp3) is 0.700. The maximum absolute atomic E-state index is 5.52. The Labute approximate surface area is 85.7 Å². The predicted octanol–water partition coefficient (Wildman–Crippen LogP) is 0.243. The third-order valence-corrected chi connectivity index (χ3v) is 2.47. The molecule has 2 N–H and O–H groups in total. The molecule has 4 nitrogen and oxygen atoms in total. The molecule has 0 unspecified atom stereocenters. The second-order valence-electron chi connectivity index (χ2n) is 3.43. The molecule has 0 aliphatic rings. The number of rotatable bonds is 6. The zero-order valence-electron chi connectivity index (χ0n) is 9.11. The Hall–Kier alpha value is -0.870. The minimum Gasteiger partial charge on any atom is -0.338 e. The van der Waals surface area contributed by atoms with Crippen LogP contribution in [0.1, 0.15) is 12.7 Å². The van der Waals surface area contributed by atoms with E-state index in [1.165, 1.54) is 0 Å². The first kappa shape index (κ1) is 11.2. The van der Waals surface area contributed by atoms with Crippen LogP contribution in [0.4, 0.5) is 0 Å². The van der Waals surface area contributed by atoms with Crippen LogP contribution in [0.25, 0.3) is 0 Å². The minimum absolute atomic E-state index is 0.731. The van der Waals surface area contributed by atoms with Crippen molar-refractivity contribution in [2.24, 2.45) is 12.8 Å². The molecule has 0 aromatic carbocycles. The summed E-state index contributed by atoms with van der Waals surface area (Å²) < 4.78 is 2.07. The van der Waals surface area contributed by atoms with E-state index >= 15 is 0 Å². The highest BCUT2D eigenvalue weighted by Gasteiger charge is 2.03. The van der Waals surface area contributed by atoms with Crippen molar-refractivity contribution in [3.63, 3.8) is 0 Å². The van der Waals surface area contributed by atoms with Crippen molar-refractivity contribution in [3.05, 3.63) is 18.2 Å². The van der Waals surface area contributed by atoms with Gasteiger partial charge in [-0.15, -0.1) is 0 Å². The molecule has 0 atom stereocenters. The van der Waals surface area contributed by atoms with Crippen LogP contribution in [0.15, 0.2) is 12.4 Å². The molecule has 14 heavy (non-hydrogen) atoms. The van der Waals surface area contributed by atoms with E-state index in [0.717, 1.165) is 38.4 Å². The normalized spacial score (nSPS) is 11.1. The lowest BCUT2D eigenvalue weighted by Crippen LogP contribution is -2.31. The summed E-state index contributed by atoms with van der Waals surface area (Å²) in [5.74, 6) is 1.14. The molecule has 0 aliphatic carbocycles. The van der Waals surface area contributed by atoms with Gasteiger partial charge in [-0.25, -0.2) is 4.98 Å². The largest absolute Gasteiger partial charge is 0.338 e. The molecule has 0 saturated carbocycles. The van der Waals surface area contributed by atoms with Crippen LogP contribution in [-0.2, 0) is 13.5 Å². The van der Waals surface area contributed by atoms with Crippen LogP contribution < -0.4 is 5.73 Å². The molecule has 4 heteroatoms. The quantitative estimate of drug-likeness (QED) is 0.709. The molecule has 1 heterocycles. The lowest BCUT2D eigenvalue weighted by Gasteiger charge is -2.18. The summed E-state index contributed by atoms with van der Waals surface area (Å²) in [5.41, 5.74) is 5.52. The molecule has 0 bridgehead atoms. The van der Waals surface area contributed by atoms with Crippen LogP contribution in [0, 0.1) is 0 Å². The molecular formula is C10H20N4. The van der Waals surface area contributed by atoms with Gasteiger partial charge in [-0.1, -0.05) is 6.92 Å². The Balaban J connectivity index is 2.35. The van der Waals surface area contributed by atoms with Gasteiger partial charge in [0.1, 0.15) is 5.82 Å². The second kappa shape index (κ2) is 5.78. The van der Waals surface area contributed by atoms with E-state index in [9.17, 15) is 0 Å². The standard InChI is InChI=1S/C10H20N4/c1-3-14(8-5-11)7-4-10-12-6-9-13(10)2/h6,9H,3-5,7-8,11H2,1-2H3. The summed E-state index contributed by atoms with van der Waals surface area (Å²) >= 11 is 0. The van der Waals surface area contributed by atoms with Crippen molar-refractivity contribution in [1.29, 1.82) is 0 Å². The molecular weight excluding hydrogens is 176 g/mol. The molecule has 0 radical (unpaired) electrons. The van der Waals surface area contributed by atoms with Crippen LogP contribution in [0.2, 0.25) is 0 Å². The Morgan fingerprint density at radius 1 is 1.50 bits per heavy atom. The summed E-state index contributed by atoms with van der Waals surface area (Å²) in [7, 11) is 2.03. The first-order valence-electron chi connectivity index (χ1n) is 5.16. The second-order valence-corrected chi connectivity index (χ2v) is 3.43. The lowest BCUT2D eigenvalue weighted by molar-refractivity contribution is 0.297. The van der Waals surface area contributed by atoms with E-state index in [-0.39, 0.29) is 0 Å². The third kappa shape index (κ3) is 3.12. The lowest BCUT2D eigenvalue weighted by atomic mass is 10.3. The van der Waals surface area contributed by atoms with E-state index in [0.29, 0.717) is 0 Å². The van der Waals surface area contributed by atoms with Crippen molar-refractivity contribution in [3.8, 4) is 0 Å². The fourth-order valence-electron chi connectivity index (χ4n) is 1.51. The van der Waals surface area contributed by atoms with Crippen molar-refractivity contribution >= 4 is 0 Å². The molecule has 0 saturated heterocycles. The van der Waals surface area contributed by atoms with Gasteiger partial charge >= 0.3 is 0 Å². The number of nitrogens with zero attached hydrogens (tertiary/aromatic N) is 3. The maximum atomic E-state index is 5.52. The molecule has 1 aromatic rings. The first-order valence-corrected chi connectivity index (χ1v) is 5.16. The van der Waals surface area contributed by atoms with Gasteiger partial charge in [-0.3, -0.25) is 0 Å². The zero-order valence-corrected chi connectivity index (χ0v) is 9.11. The number of aromatic nitrogens is 2. The molecule has 0 fully saturated rings. The molecule has 80 valence electrons. The third-order valence-electron chi connectivity index (χ3n) is 2.47. The number of imidazole rings is 1. The highest BCUT2D eigenvalue weighted by atomic mass is 15.1. The van der Waals surface area contributed by atoms with E-state index in [1.807, 2.05) is 19.4 Å². The van der Waals surface area contributed by atoms with Gasteiger partial charge in [0.25, 0.3) is 0 Å². The smallest absolute Gasteiger partial charge is 0.109 e. The number of nitrogens with two attached hydrogens (primary N) is 1. The monoisotopic (exact) mass is 196 g/mol. The first-order chi connectivity index (χ1) is 6.77. The topological polar surface area (TPSA) is 47.1 Å². The van der Waals surface area contributed by atoms with Gasteiger partial charge in [-0.2, -0.15) is 0 Å². The van der Waals surface area contributed by atoms with Crippen molar-refractivity contribution in [1.82, 2.24) is 14.5 Å². The van der Waals surface area contributed by atoms with Gasteiger partial charge in [0.2, 0.25) is 0 Å². The van der Waals surface area contributed by atoms with Crippen LogP contribution in [0.5, 0.6) is 0 Å². The SMILES string of the molecule is CCN(CCN)CCc1nccn1C. The Bertz CT molecular complexity index is 256. The number of hydrogen-bond acceptors (Lipinski definition) is 3. The zero-order chi connectivity index (χ0) is 10.4. The summed E-state index contributed by atoms with van der Waals surface area (Å²) in [4.78, 5) is 6.63. The average Bonchev–Trinajstić information content (AvgIpc) is 2.59. The summed E-state index contributed by atoms with van der Waals surface area (Å²) in [6.45, 7) is 5.96. The predicted molar refractivity (Wildman–Crippen MR) is 58.1 cm³/mol. The average molecular weight is 196 g/mol. The molecule has 1 rings (SSSR count). The van der Waals surface area contributed by atoms with Crippen LogP contribution >= 0.6 is 0 Å². The van der Waals surface area contributed by atoms with E-state index < -0.39 is 0 Å². The van der Waals surface area contributed by atoms with Gasteiger partial charge in [0.05, 0.1) is 0 Å². The Morgan fingerprint density at radius 2 is 2.29 bits per heavy atom. The fourth-order valence-corrected chi connectivity index (χ4v) is 1.51. The van der Waals surface area contributed by atoms with Crippen LogP contribution in [-0.4, -0.2) is 40.6 Å². The van der Waals surface area contributed by atoms with Gasteiger partial charge in [0, 0.05) is 45.5 Å². The van der Waals surface area contributed by atoms with Crippen molar-refractivity contribution in [2.75, 3.05) is 26.2 Å². The molecule has 1 aromatic heterocycles. The number of aryl methyl sites for hydroxylation is 1. The Kier molecular flexibility index (Phi) is 4.62. The Morgan fingerprint density at radius 3 is 2.79 bits per heavy atom. The van der Waals surface area contributed by atoms with Gasteiger partial charge in [-0.05, 0) is 6.54 Å². The van der Waals surface area contributed by atoms with E-state index in [4.69, 9.17) is 5.73 Å². The highest BCUT2D eigenvalue weighted by molar-refractivity contribution is 4.91. The summed E-state index contributed by atoms with van der Waals surface area (Å²) in [6, 6.07) is 0. The summed E-state index contributed by atoms with van der Waals surface area (Å²) in [6.07, 6.45) is 4.82. The van der Waals surface area contributed by atoms with E-state index in [2.05, 4.69) is 21.4 Å². The molecule has 0 amide bonds. The summed E-state index contributed by atoms with van der Waals surface area (Å²) in [5, 5.41) is 0. The highest BCUT2D eigenvalue weighted by Crippen LogP contribution is 1.97. The molecule has 0 spiro atoms. The van der Waals surface area contributed by atoms with Crippen molar-refractivity contribution < 1.29 is 0 Å².